The number of fused-ring (bicyclic) bond motifs is 2. The third-order valence-electron chi connectivity index (χ3n) is 5.28. The Morgan fingerprint density at radius 3 is 2.62 bits per heavy atom. The number of halogens is 1. The molecule has 0 spiro atoms. The lowest BCUT2D eigenvalue weighted by Gasteiger charge is -2.12. The van der Waals surface area contributed by atoms with Crippen molar-refractivity contribution in [3.63, 3.8) is 0 Å². The predicted octanol–water partition coefficient (Wildman–Crippen LogP) is 5.73. The van der Waals surface area contributed by atoms with Crippen LogP contribution in [-0.4, -0.2) is 39.8 Å². The molecule has 5 aromatic rings. The van der Waals surface area contributed by atoms with Gasteiger partial charge in [0, 0.05) is 31.3 Å². The van der Waals surface area contributed by atoms with Crippen LogP contribution in [0.2, 0.25) is 5.02 Å². The van der Waals surface area contributed by atoms with E-state index in [9.17, 15) is 0 Å². The summed E-state index contributed by atoms with van der Waals surface area (Å²) in [5.74, 6) is 2.60. The Balaban J connectivity index is 1.37. The van der Waals surface area contributed by atoms with Crippen LogP contribution in [0.25, 0.3) is 21.9 Å². The highest BCUT2D eigenvalue weighted by atomic mass is 35.5. The number of methoxy groups -OCH3 is 1. The third kappa shape index (κ3) is 4.59. The minimum Gasteiger partial charge on any atom is -0.491 e. The molecule has 0 saturated heterocycles. The number of aromatic nitrogens is 4. The van der Waals surface area contributed by atoms with Crippen LogP contribution in [0.15, 0.2) is 67.3 Å². The van der Waals surface area contributed by atoms with Crippen molar-refractivity contribution in [2.75, 3.05) is 25.6 Å². The summed E-state index contributed by atoms with van der Waals surface area (Å²) >= 11 is 6.54. The average molecular weight is 476 g/mol. The average Bonchev–Trinajstić information content (AvgIpc) is 3.21. The van der Waals surface area contributed by atoms with Gasteiger partial charge in [0.1, 0.15) is 36.0 Å². The molecule has 9 heteroatoms. The number of aryl methyl sites for hydroxylation is 1. The Morgan fingerprint density at radius 2 is 1.76 bits per heavy atom. The minimum atomic E-state index is 0.461. The zero-order chi connectivity index (χ0) is 23.5. The molecule has 0 fully saturated rings. The first-order valence-electron chi connectivity index (χ1n) is 10.6. The van der Waals surface area contributed by atoms with Gasteiger partial charge in [0.05, 0.1) is 34.5 Å². The first kappa shape index (κ1) is 21.9. The smallest absolute Gasteiger partial charge is 0.146 e. The van der Waals surface area contributed by atoms with Crippen LogP contribution in [0.3, 0.4) is 0 Å². The van der Waals surface area contributed by atoms with Crippen molar-refractivity contribution in [1.29, 1.82) is 0 Å². The maximum Gasteiger partial charge on any atom is 0.146 e. The second-order valence-electron chi connectivity index (χ2n) is 7.62. The molecule has 0 atom stereocenters. The Kier molecular flexibility index (Phi) is 6.16. The molecule has 0 saturated carbocycles. The van der Waals surface area contributed by atoms with Crippen molar-refractivity contribution < 1.29 is 14.2 Å². The maximum absolute atomic E-state index is 6.54. The van der Waals surface area contributed by atoms with Gasteiger partial charge >= 0.3 is 0 Å². The second kappa shape index (κ2) is 9.54. The van der Waals surface area contributed by atoms with E-state index in [0.29, 0.717) is 35.6 Å². The molecular formula is C25H22ClN5O3. The molecule has 0 amide bonds. The van der Waals surface area contributed by atoms with Crippen molar-refractivity contribution in [3.05, 3.63) is 72.3 Å². The van der Waals surface area contributed by atoms with E-state index in [4.69, 9.17) is 25.8 Å². The fourth-order valence-electron chi connectivity index (χ4n) is 3.56. The van der Waals surface area contributed by atoms with E-state index in [-0.39, 0.29) is 0 Å². The molecule has 5 rings (SSSR count). The number of anilines is 2. The van der Waals surface area contributed by atoms with E-state index in [1.165, 1.54) is 6.33 Å². The number of imidazole rings is 1. The minimum absolute atomic E-state index is 0.461. The van der Waals surface area contributed by atoms with Gasteiger partial charge in [-0.3, -0.25) is 0 Å². The lowest BCUT2D eigenvalue weighted by molar-refractivity contribution is 0.146. The van der Waals surface area contributed by atoms with Gasteiger partial charge in [-0.25, -0.2) is 15.0 Å². The van der Waals surface area contributed by atoms with Crippen LogP contribution in [0.5, 0.6) is 17.2 Å². The molecule has 0 radical (unpaired) electrons. The molecule has 0 aliphatic carbocycles. The summed E-state index contributed by atoms with van der Waals surface area (Å²) in [6.07, 6.45) is 3.29. The summed E-state index contributed by atoms with van der Waals surface area (Å²) in [6, 6.07) is 16.9. The quantitative estimate of drug-likeness (QED) is 0.287. The van der Waals surface area contributed by atoms with E-state index in [0.717, 1.165) is 33.4 Å². The van der Waals surface area contributed by atoms with Crippen molar-refractivity contribution in [1.82, 2.24) is 19.5 Å². The first-order valence-corrected chi connectivity index (χ1v) is 11.0. The molecule has 172 valence electrons. The largest absolute Gasteiger partial charge is 0.491 e. The zero-order valence-corrected chi connectivity index (χ0v) is 19.4. The molecular weight excluding hydrogens is 454 g/mol. The highest BCUT2D eigenvalue weighted by molar-refractivity contribution is 6.32. The molecule has 3 aromatic carbocycles. The number of ether oxygens (including phenoxy) is 3. The SMILES string of the molecule is COCCOc1ccc2ncnc(Nc3ccc(Oc4ccc5ncn(C)c5c4)c(Cl)c3)c2c1. The standard InChI is InChI=1S/C25H22ClN5O3/c1-31-15-29-22-7-5-18(13-23(22)31)34-24-8-3-16(11-20(24)26)30-25-19-12-17(33-10-9-32-2)4-6-21(19)27-14-28-25/h3-8,11-15H,9-10H2,1-2H3,(H,27,28,30). The molecule has 0 unspecified atom stereocenters. The molecule has 0 aliphatic heterocycles. The number of rotatable bonds is 8. The summed E-state index contributed by atoms with van der Waals surface area (Å²) in [5, 5.41) is 4.62. The second-order valence-corrected chi connectivity index (χ2v) is 8.03. The van der Waals surface area contributed by atoms with Gasteiger partial charge in [-0.15, -0.1) is 0 Å². The summed E-state index contributed by atoms with van der Waals surface area (Å²) in [4.78, 5) is 13.1. The van der Waals surface area contributed by atoms with E-state index >= 15 is 0 Å². The lowest BCUT2D eigenvalue weighted by Crippen LogP contribution is -2.04. The van der Waals surface area contributed by atoms with Gasteiger partial charge in [-0.1, -0.05) is 11.6 Å². The van der Waals surface area contributed by atoms with Crippen molar-refractivity contribution in [3.8, 4) is 17.2 Å². The molecule has 34 heavy (non-hydrogen) atoms. The Bertz CT molecular complexity index is 1470. The monoisotopic (exact) mass is 475 g/mol. The normalized spacial score (nSPS) is 11.1. The van der Waals surface area contributed by atoms with Gasteiger partial charge in [0.15, 0.2) is 0 Å². The van der Waals surface area contributed by atoms with Crippen LogP contribution < -0.4 is 14.8 Å². The molecule has 0 bridgehead atoms. The Labute approximate surface area is 201 Å². The number of nitrogens with one attached hydrogen (secondary N) is 1. The van der Waals surface area contributed by atoms with E-state index in [1.807, 2.05) is 60.1 Å². The van der Waals surface area contributed by atoms with Gasteiger partial charge < -0.3 is 24.1 Å². The third-order valence-corrected chi connectivity index (χ3v) is 5.58. The van der Waals surface area contributed by atoms with Crippen LogP contribution in [0, 0.1) is 0 Å². The van der Waals surface area contributed by atoms with Crippen molar-refractivity contribution in [2.45, 2.75) is 0 Å². The lowest BCUT2D eigenvalue weighted by atomic mass is 10.2. The van der Waals surface area contributed by atoms with Gasteiger partial charge in [-0.05, 0) is 48.5 Å². The van der Waals surface area contributed by atoms with Crippen LogP contribution in [-0.2, 0) is 11.8 Å². The fraction of sp³-hybridized carbons (Fsp3) is 0.160. The Morgan fingerprint density at radius 1 is 0.912 bits per heavy atom. The molecule has 0 aliphatic rings. The molecule has 2 heterocycles. The van der Waals surface area contributed by atoms with Crippen LogP contribution >= 0.6 is 11.6 Å². The van der Waals surface area contributed by atoms with E-state index < -0.39 is 0 Å². The summed E-state index contributed by atoms with van der Waals surface area (Å²) in [5.41, 5.74) is 3.45. The van der Waals surface area contributed by atoms with Gasteiger partial charge in [0.2, 0.25) is 0 Å². The van der Waals surface area contributed by atoms with Gasteiger partial charge in [-0.2, -0.15) is 0 Å². The topological polar surface area (TPSA) is 83.3 Å². The highest BCUT2D eigenvalue weighted by Gasteiger charge is 2.10. The van der Waals surface area contributed by atoms with Gasteiger partial charge in [0.25, 0.3) is 0 Å². The molecule has 8 nitrogen and oxygen atoms in total. The molecule has 2 aromatic heterocycles. The van der Waals surface area contributed by atoms with Crippen LogP contribution in [0.4, 0.5) is 11.5 Å². The predicted molar refractivity (Wildman–Crippen MR) is 132 cm³/mol. The number of hydrogen-bond acceptors (Lipinski definition) is 7. The summed E-state index contributed by atoms with van der Waals surface area (Å²) in [7, 11) is 3.58. The Hall–Kier alpha value is -3.88. The highest BCUT2D eigenvalue weighted by Crippen LogP contribution is 2.34. The number of benzene rings is 3. The number of nitrogens with zero attached hydrogens (tertiary/aromatic N) is 4. The van der Waals surface area contributed by atoms with E-state index in [1.54, 1.807) is 19.5 Å². The number of hydrogen-bond donors (Lipinski definition) is 1. The van der Waals surface area contributed by atoms with Crippen molar-refractivity contribution >= 4 is 45.0 Å². The maximum atomic E-state index is 6.54. The zero-order valence-electron chi connectivity index (χ0n) is 18.7. The van der Waals surface area contributed by atoms with Crippen LogP contribution in [0.1, 0.15) is 0 Å². The fourth-order valence-corrected chi connectivity index (χ4v) is 3.78. The first-order chi connectivity index (χ1) is 16.6. The molecule has 1 N–H and O–H groups in total. The van der Waals surface area contributed by atoms with E-state index in [2.05, 4.69) is 20.3 Å². The van der Waals surface area contributed by atoms with Crippen molar-refractivity contribution in [2.24, 2.45) is 7.05 Å². The summed E-state index contributed by atoms with van der Waals surface area (Å²) < 4.78 is 18.7. The summed E-state index contributed by atoms with van der Waals surface area (Å²) in [6.45, 7) is 0.973.